The summed E-state index contributed by atoms with van der Waals surface area (Å²) < 4.78 is 9.17. The highest BCUT2D eigenvalue weighted by Crippen LogP contribution is 2.33. The third kappa shape index (κ3) is 5.24. The first-order valence-corrected chi connectivity index (χ1v) is 11.8. The smallest absolute Gasteiger partial charge is 0.312 e. The molecular formula is C25H32N6O2. The molecule has 0 spiro atoms. The van der Waals surface area contributed by atoms with E-state index in [2.05, 4.69) is 21.4 Å². The molecule has 3 aromatic heterocycles. The second kappa shape index (κ2) is 9.74. The highest BCUT2D eigenvalue weighted by molar-refractivity contribution is 5.92. The Bertz CT molecular complexity index is 1140. The van der Waals surface area contributed by atoms with Crippen molar-refractivity contribution in [2.24, 2.45) is 11.3 Å². The van der Waals surface area contributed by atoms with E-state index in [-0.39, 0.29) is 18.7 Å². The molecule has 1 unspecified atom stereocenters. The predicted molar refractivity (Wildman–Crippen MR) is 125 cm³/mol. The fourth-order valence-corrected chi connectivity index (χ4v) is 4.55. The van der Waals surface area contributed by atoms with Crippen molar-refractivity contribution in [2.75, 3.05) is 0 Å². The fraction of sp³-hybridized carbons (Fsp3) is 0.560. The lowest BCUT2D eigenvalue weighted by atomic mass is 9.84. The van der Waals surface area contributed by atoms with Crippen molar-refractivity contribution in [3.63, 3.8) is 0 Å². The van der Waals surface area contributed by atoms with Gasteiger partial charge in [0.1, 0.15) is 0 Å². The van der Waals surface area contributed by atoms with Gasteiger partial charge in [0.25, 0.3) is 0 Å². The number of ether oxygens (including phenoxy) is 1. The summed E-state index contributed by atoms with van der Waals surface area (Å²) in [6.07, 6.45) is 15.3. The monoisotopic (exact) mass is 448 g/mol. The van der Waals surface area contributed by atoms with E-state index in [0.717, 1.165) is 22.9 Å². The molecule has 0 saturated heterocycles. The van der Waals surface area contributed by atoms with Crippen molar-refractivity contribution < 1.29 is 9.53 Å². The van der Waals surface area contributed by atoms with Crippen molar-refractivity contribution in [3.8, 4) is 17.2 Å². The molecule has 4 rings (SSSR count). The zero-order valence-corrected chi connectivity index (χ0v) is 19.7. The second-order valence-electron chi connectivity index (χ2n) is 10.1. The Kier molecular flexibility index (Phi) is 6.77. The number of nitrogens with zero attached hydrogens (tertiary/aromatic N) is 6. The van der Waals surface area contributed by atoms with Crippen LogP contribution in [0.15, 0.2) is 30.9 Å². The molecule has 3 heterocycles. The number of carbonyl (C=O) groups is 1. The van der Waals surface area contributed by atoms with Crippen LogP contribution in [0.3, 0.4) is 0 Å². The number of esters is 1. The van der Waals surface area contributed by atoms with Gasteiger partial charge in [-0.15, -0.1) is 5.10 Å². The standard InChI is InChI=1S/C25H32N6O2/c1-25(2,3)24(32)33-17-30-12-10-21-22(15-27-29-23(21)30)19-14-28-31(16-19)20(9-11-26)13-18-7-5-4-6-8-18/h10,12,14-16,18,20H,4-9,13,17H2,1-3H3. The zero-order valence-electron chi connectivity index (χ0n) is 19.7. The molecule has 3 aromatic rings. The Hall–Kier alpha value is -3.21. The van der Waals surface area contributed by atoms with Gasteiger partial charge in [0.2, 0.25) is 0 Å². The summed E-state index contributed by atoms with van der Waals surface area (Å²) in [5.41, 5.74) is 1.94. The lowest BCUT2D eigenvalue weighted by molar-refractivity contribution is -0.156. The van der Waals surface area contributed by atoms with Crippen LogP contribution < -0.4 is 0 Å². The Labute approximate surface area is 194 Å². The quantitative estimate of drug-likeness (QED) is 0.457. The maximum absolute atomic E-state index is 12.1. The Morgan fingerprint density at radius 1 is 1.27 bits per heavy atom. The van der Waals surface area contributed by atoms with Gasteiger partial charge in [0.05, 0.1) is 36.3 Å². The summed E-state index contributed by atoms with van der Waals surface area (Å²) in [5.74, 6) is 0.403. The highest BCUT2D eigenvalue weighted by Gasteiger charge is 2.24. The molecular weight excluding hydrogens is 416 g/mol. The van der Waals surface area contributed by atoms with Crippen LogP contribution in [0.1, 0.15) is 71.8 Å². The number of fused-ring (bicyclic) bond motifs is 1. The highest BCUT2D eigenvalue weighted by atomic mass is 16.5. The molecule has 0 radical (unpaired) electrons. The van der Waals surface area contributed by atoms with E-state index in [9.17, 15) is 10.1 Å². The molecule has 174 valence electrons. The molecule has 1 fully saturated rings. The number of aromatic nitrogens is 5. The van der Waals surface area contributed by atoms with Crippen LogP contribution in [-0.4, -0.2) is 30.5 Å². The average Bonchev–Trinajstić information content (AvgIpc) is 3.45. The molecule has 8 heteroatoms. The van der Waals surface area contributed by atoms with E-state index in [1.165, 1.54) is 32.1 Å². The molecule has 0 amide bonds. The minimum Gasteiger partial charge on any atom is -0.443 e. The summed E-state index contributed by atoms with van der Waals surface area (Å²) in [6.45, 7) is 5.56. The molecule has 0 aromatic carbocycles. The van der Waals surface area contributed by atoms with Crippen LogP contribution in [0, 0.1) is 22.7 Å². The van der Waals surface area contributed by atoms with Gasteiger partial charge in [0.15, 0.2) is 12.4 Å². The first-order chi connectivity index (χ1) is 15.9. The summed E-state index contributed by atoms with van der Waals surface area (Å²) in [6, 6.07) is 4.38. The largest absolute Gasteiger partial charge is 0.443 e. The van der Waals surface area contributed by atoms with Crippen LogP contribution in [0.4, 0.5) is 0 Å². The van der Waals surface area contributed by atoms with E-state index >= 15 is 0 Å². The topological polar surface area (TPSA) is 98.6 Å². The summed E-state index contributed by atoms with van der Waals surface area (Å²) in [4.78, 5) is 12.1. The van der Waals surface area contributed by atoms with Gasteiger partial charge >= 0.3 is 5.97 Å². The van der Waals surface area contributed by atoms with Gasteiger partial charge in [-0.1, -0.05) is 32.1 Å². The third-order valence-electron chi connectivity index (χ3n) is 6.45. The van der Waals surface area contributed by atoms with E-state index < -0.39 is 5.41 Å². The first-order valence-electron chi connectivity index (χ1n) is 11.8. The van der Waals surface area contributed by atoms with Crippen molar-refractivity contribution in [3.05, 3.63) is 30.9 Å². The van der Waals surface area contributed by atoms with Gasteiger partial charge in [-0.05, 0) is 39.2 Å². The minimum absolute atomic E-state index is 0.0820. The molecule has 8 nitrogen and oxygen atoms in total. The van der Waals surface area contributed by atoms with E-state index in [0.29, 0.717) is 18.0 Å². The van der Waals surface area contributed by atoms with Gasteiger partial charge in [-0.25, -0.2) is 0 Å². The van der Waals surface area contributed by atoms with Crippen LogP contribution in [0.5, 0.6) is 0 Å². The van der Waals surface area contributed by atoms with Crippen LogP contribution in [-0.2, 0) is 16.3 Å². The number of hydrogen-bond donors (Lipinski definition) is 0. The molecule has 0 bridgehead atoms. The maximum atomic E-state index is 12.1. The van der Waals surface area contributed by atoms with Crippen molar-refractivity contribution in [2.45, 2.75) is 78.5 Å². The van der Waals surface area contributed by atoms with Gasteiger partial charge in [0, 0.05) is 28.9 Å². The van der Waals surface area contributed by atoms with Crippen molar-refractivity contribution in [1.82, 2.24) is 24.5 Å². The summed E-state index contributed by atoms with van der Waals surface area (Å²) >= 11 is 0. The van der Waals surface area contributed by atoms with Gasteiger partial charge in [-0.2, -0.15) is 15.5 Å². The Morgan fingerprint density at radius 2 is 2.06 bits per heavy atom. The predicted octanol–water partition coefficient (Wildman–Crippen LogP) is 5.27. The molecule has 0 N–H and O–H groups in total. The molecule has 1 saturated carbocycles. The van der Waals surface area contributed by atoms with E-state index in [1.54, 1.807) is 10.8 Å². The van der Waals surface area contributed by atoms with Gasteiger partial charge in [-0.3, -0.25) is 14.0 Å². The van der Waals surface area contributed by atoms with Crippen molar-refractivity contribution in [1.29, 1.82) is 5.26 Å². The average molecular weight is 449 g/mol. The fourth-order valence-electron chi connectivity index (χ4n) is 4.55. The van der Waals surface area contributed by atoms with E-state index in [1.807, 2.05) is 50.1 Å². The number of rotatable bonds is 7. The minimum atomic E-state index is -0.564. The zero-order chi connectivity index (χ0) is 23.4. The van der Waals surface area contributed by atoms with Gasteiger partial charge < -0.3 is 4.74 Å². The SMILES string of the molecule is CC(C)(C)C(=O)OCn1ccc2c(-c3cnn(C(CC#N)CC4CCCCC4)c3)cnnc21. The summed E-state index contributed by atoms with van der Waals surface area (Å²) in [5, 5.41) is 23.4. The van der Waals surface area contributed by atoms with Crippen LogP contribution >= 0.6 is 0 Å². The van der Waals surface area contributed by atoms with Crippen LogP contribution in [0.2, 0.25) is 0 Å². The van der Waals surface area contributed by atoms with Crippen LogP contribution in [0.25, 0.3) is 22.2 Å². The summed E-state index contributed by atoms with van der Waals surface area (Å²) in [7, 11) is 0. The molecule has 1 atom stereocenters. The second-order valence-corrected chi connectivity index (χ2v) is 10.1. The molecule has 1 aliphatic carbocycles. The number of carbonyl (C=O) groups excluding carboxylic acids is 1. The lowest BCUT2D eigenvalue weighted by Gasteiger charge is -2.25. The van der Waals surface area contributed by atoms with E-state index in [4.69, 9.17) is 4.74 Å². The number of nitriles is 1. The maximum Gasteiger partial charge on any atom is 0.312 e. The normalized spacial score (nSPS) is 15.9. The third-order valence-corrected chi connectivity index (χ3v) is 6.45. The molecule has 1 aliphatic rings. The van der Waals surface area contributed by atoms with Crippen molar-refractivity contribution >= 4 is 17.0 Å². The molecule has 0 aliphatic heterocycles. The Morgan fingerprint density at radius 3 is 2.79 bits per heavy atom. The first kappa shape index (κ1) is 23.0. The Balaban J connectivity index is 1.55. The lowest BCUT2D eigenvalue weighted by Crippen LogP contribution is -2.23. The number of hydrogen-bond acceptors (Lipinski definition) is 6. The molecule has 33 heavy (non-hydrogen) atoms.